The number of aliphatic carboxylic acids is 2. The molecule has 0 radical (unpaired) electrons. The molecule has 8 nitrogen and oxygen atoms in total. The van der Waals surface area contributed by atoms with Crippen molar-refractivity contribution >= 4 is 17.7 Å². The molecule has 2 heterocycles. The van der Waals surface area contributed by atoms with E-state index in [0.29, 0.717) is 11.6 Å². The van der Waals surface area contributed by atoms with Gasteiger partial charge in [-0.1, -0.05) is 11.2 Å². The standard InChI is InChI=1S/C10H13N3O.C2H2O4/c1-14-12-10(5-11)9-4-8-2-3-13(6-8)7-9;3-1(4)2(5)6/h4,8H,2-3,6-7H2,1H3;(H,3,4)(H,5,6)/b12-10-;. The van der Waals surface area contributed by atoms with Gasteiger partial charge in [-0.2, -0.15) is 5.26 Å². The van der Waals surface area contributed by atoms with E-state index in [4.69, 9.17) is 25.1 Å². The number of hydrogen-bond acceptors (Lipinski definition) is 6. The molecule has 2 rings (SSSR count). The molecule has 2 unspecified atom stereocenters. The van der Waals surface area contributed by atoms with Gasteiger partial charge in [0.15, 0.2) is 5.71 Å². The van der Waals surface area contributed by atoms with E-state index in [-0.39, 0.29) is 0 Å². The van der Waals surface area contributed by atoms with Crippen LogP contribution in [-0.2, 0) is 14.4 Å². The quantitative estimate of drug-likeness (QED) is 0.412. The lowest BCUT2D eigenvalue weighted by Crippen LogP contribution is -2.29. The Kier molecular flexibility index (Phi) is 5.68. The Bertz CT molecular complexity index is 480. The topological polar surface area (TPSA) is 123 Å². The molecule has 2 aliphatic heterocycles. The highest BCUT2D eigenvalue weighted by molar-refractivity contribution is 6.27. The smallest absolute Gasteiger partial charge is 0.414 e. The molecule has 0 amide bonds. The number of carboxylic acids is 2. The van der Waals surface area contributed by atoms with Crippen LogP contribution in [0.4, 0.5) is 0 Å². The molecule has 2 aliphatic rings. The third kappa shape index (κ3) is 4.37. The van der Waals surface area contributed by atoms with Crippen molar-refractivity contribution in [3.05, 3.63) is 11.6 Å². The Morgan fingerprint density at radius 2 is 2.15 bits per heavy atom. The number of carbonyl (C=O) groups is 2. The van der Waals surface area contributed by atoms with Gasteiger partial charge in [0.05, 0.1) is 0 Å². The molecule has 2 atom stereocenters. The molecule has 20 heavy (non-hydrogen) atoms. The second-order valence-corrected chi connectivity index (χ2v) is 4.32. The summed E-state index contributed by atoms with van der Waals surface area (Å²) in [4.78, 5) is 25.2. The van der Waals surface area contributed by atoms with Crippen molar-refractivity contribution in [1.29, 1.82) is 5.26 Å². The fourth-order valence-electron chi connectivity index (χ4n) is 2.12. The summed E-state index contributed by atoms with van der Waals surface area (Å²) >= 11 is 0. The van der Waals surface area contributed by atoms with E-state index in [1.54, 1.807) is 0 Å². The predicted molar refractivity (Wildman–Crippen MR) is 68.0 cm³/mol. The number of hydrogen-bond donors (Lipinski definition) is 2. The first kappa shape index (κ1) is 15.7. The van der Waals surface area contributed by atoms with Crippen molar-refractivity contribution in [3.63, 3.8) is 0 Å². The number of rotatable bonds is 2. The van der Waals surface area contributed by atoms with Crippen LogP contribution in [0.3, 0.4) is 0 Å². The summed E-state index contributed by atoms with van der Waals surface area (Å²) in [5.41, 5.74) is 1.44. The van der Waals surface area contributed by atoms with Crippen molar-refractivity contribution in [2.45, 2.75) is 6.42 Å². The Morgan fingerprint density at radius 1 is 1.50 bits per heavy atom. The molecule has 1 fully saturated rings. The number of oxime groups is 1. The molecule has 8 heteroatoms. The van der Waals surface area contributed by atoms with E-state index >= 15 is 0 Å². The number of nitrogens with zero attached hydrogens (tertiary/aromatic N) is 3. The van der Waals surface area contributed by atoms with Crippen LogP contribution in [0.5, 0.6) is 0 Å². The molecule has 0 saturated carbocycles. The predicted octanol–water partition coefficient (Wildman–Crippen LogP) is -0.0701. The average Bonchev–Trinajstić information content (AvgIpc) is 2.75. The van der Waals surface area contributed by atoms with Crippen molar-refractivity contribution in [2.24, 2.45) is 11.1 Å². The lowest BCUT2D eigenvalue weighted by atomic mass is 10.00. The SMILES string of the molecule is CO/N=C(/C#N)C1=CC2CCN(C1)C2.O=C(O)C(=O)O. The molecule has 0 aromatic carbocycles. The molecule has 0 aliphatic carbocycles. The number of nitriles is 1. The van der Waals surface area contributed by atoms with Crippen molar-refractivity contribution < 1.29 is 24.6 Å². The minimum atomic E-state index is -1.82. The second-order valence-electron chi connectivity index (χ2n) is 4.32. The average molecular weight is 281 g/mol. The van der Waals surface area contributed by atoms with Crippen LogP contribution in [0.1, 0.15) is 6.42 Å². The zero-order valence-corrected chi connectivity index (χ0v) is 10.9. The van der Waals surface area contributed by atoms with Gasteiger partial charge in [-0.15, -0.1) is 0 Å². The maximum absolute atomic E-state index is 9.10. The van der Waals surface area contributed by atoms with Gasteiger partial charge < -0.3 is 15.1 Å². The zero-order valence-electron chi connectivity index (χ0n) is 10.9. The van der Waals surface area contributed by atoms with Gasteiger partial charge >= 0.3 is 11.9 Å². The summed E-state index contributed by atoms with van der Waals surface area (Å²) < 4.78 is 0. The first-order chi connectivity index (χ1) is 9.47. The van der Waals surface area contributed by atoms with Gasteiger partial charge in [0, 0.05) is 18.7 Å². The molecule has 2 N–H and O–H groups in total. The van der Waals surface area contributed by atoms with E-state index in [1.807, 2.05) is 0 Å². The molecule has 2 bridgehead atoms. The lowest BCUT2D eigenvalue weighted by Gasteiger charge is -2.21. The Hall–Kier alpha value is -2.40. The highest BCUT2D eigenvalue weighted by Crippen LogP contribution is 2.25. The largest absolute Gasteiger partial charge is 0.473 e. The number of carboxylic acid groups (broad SMARTS) is 2. The summed E-state index contributed by atoms with van der Waals surface area (Å²) in [5.74, 6) is -3.04. The molecular weight excluding hydrogens is 266 g/mol. The van der Waals surface area contributed by atoms with Crippen molar-refractivity contribution in [1.82, 2.24) is 4.90 Å². The normalized spacial score (nSPS) is 23.8. The van der Waals surface area contributed by atoms with Crippen LogP contribution in [0.15, 0.2) is 16.8 Å². The number of fused-ring (bicyclic) bond motifs is 2. The van der Waals surface area contributed by atoms with Crippen LogP contribution < -0.4 is 0 Å². The Morgan fingerprint density at radius 3 is 2.60 bits per heavy atom. The van der Waals surface area contributed by atoms with Crippen LogP contribution in [0.2, 0.25) is 0 Å². The van der Waals surface area contributed by atoms with Crippen LogP contribution in [0.25, 0.3) is 0 Å². The van der Waals surface area contributed by atoms with Gasteiger partial charge in [-0.05, 0) is 18.9 Å². The van der Waals surface area contributed by atoms with E-state index in [9.17, 15) is 0 Å². The summed E-state index contributed by atoms with van der Waals surface area (Å²) in [6, 6.07) is 2.07. The summed E-state index contributed by atoms with van der Waals surface area (Å²) in [6.45, 7) is 3.11. The Labute approximate surface area is 115 Å². The van der Waals surface area contributed by atoms with E-state index in [1.165, 1.54) is 13.5 Å². The minimum absolute atomic E-state index is 0.420. The fraction of sp³-hybridized carbons (Fsp3) is 0.500. The molecule has 108 valence electrons. The molecule has 0 aromatic heterocycles. The molecular formula is C12H15N3O5. The van der Waals surface area contributed by atoms with Crippen LogP contribution in [-0.4, -0.2) is 59.5 Å². The van der Waals surface area contributed by atoms with Gasteiger partial charge in [0.1, 0.15) is 13.2 Å². The Balaban J connectivity index is 0.000000286. The van der Waals surface area contributed by atoms with E-state index in [2.05, 4.69) is 27.0 Å². The monoisotopic (exact) mass is 281 g/mol. The van der Waals surface area contributed by atoms with Crippen LogP contribution in [0, 0.1) is 17.2 Å². The minimum Gasteiger partial charge on any atom is -0.473 e. The van der Waals surface area contributed by atoms with Gasteiger partial charge in [-0.25, -0.2) is 9.59 Å². The maximum Gasteiger partial charge on any atom is 0.414 e. The van der Waals surface area contributed by atoms with Gasteiger partial charge in [-0.3, -0.25) is 4.90 Å². The summed E-state index contributed by atoms with van der Waals surface area (Å²) in [7, 11) is 1.47. The molecule has 0 aromatic rings. The van der Waals surface area contributed by atoms with Gasteiger partial charge in [0.2, 0.25) is 0 Å². The highest BCUT2D eigenvalue weighted by atomic mass is 16.6. The van der Waals surface area contributed by atoms with Crippen molar-refractivity contribution in [3.8, 4) is 6.07 Å². The van der Waals surface area contributed by atoms with E-state index in [0.717, 1.165) is 25.2 Å². The van der Waals surface area contributed by atoms with Crippen molar-refractivity contribution in [2.75, 3.05) is 26.7 Å². The first-order valence-corrected chi connectivity index (χ1v) is 5.88. The maximum atomic E-state index is 9.10. The molecule has 1 saturated heterocycles. The highest BCUT2D eigenvalue weighted by Gasteiger charge is 2.28. The second kappa shape index (κ2) is 7.25. The first-order valence-electron chi connectivity index (χ1n) is 5.88. The zero-order chi connectivity index (χ0) is 15.1. The third-order valence-corrected chi connectivity index (χ3v) is 2.92. The fourth-order valence-corrected chi connectivity index (χ4v) is 2.12. The van der Waals surface area contributed by atoms with Crippen LogP contribution >= 0.6 is 0 Å². The summed E-state index contributed by atoms with van der Waals surface area (Å²) in [5, 5.41) is 27.4. The molecule has 0 spiro atoms. The van der Waals surface area contributed by atoms with Gasteiger partial charge in [0.25, 0.3) is 0 Å². The lowest BCUT2D eigenvalue weighted by molar-refractivity contribution is -0.159. The van der Waals surface area contributed by atoms with E-state index < -0.39 is 11.9 Å². The summed E-state index contributed by atoms with van der Waals surface area (Å²) in [6.07, 6.45) is 3.37. The third-order valence-electron chi connectivity index (χ3n) is 2.92.